The average Bonchev–Trinajstić information content (AvgIpc) is 2.82. The van der Waals surface area contributed by atoms with Gasteiger partial charge in [-0.3, -0.25) is 9.59 Å². The second-order valence-electron chi connectivity index (χ2n) is 8.35. The number of unbranched alkanes of at least 4 members (excludes halogenated alkanes) is 1. The van der Waals surface area contributed by atoms with E-state index in [1.165, 1.54) is 10.4 Å². The third-order valence-electron chi connectivity index (χ3n) is 5.73. The first kappa shape index (κ1) is 26.5. The van der Waals surface area contributed by atoms with Gasteiger partial charge in [0.25, 0.3) is 5.91 Å². The number of hydrogen-bond donors (Lipinski definition) is 2. The quantitative estimate of drug-likeness (QED) is 0.463. The van der Waals surface area contributed by atoms with Gasteiger partial charge < -0.3 is 10.6 Å². The van der Waals surface area contributed by atoms with Crippen LogP contribution in [0, 0.1) is 5.92 Å². The number of rotatable bonds is 9. The second kappa shape index (κ2) is 12.0. The minimum Gasteiger partial charge on any atom is -0.352 e. The molecular formula is C24H29Cl2N3O4S. The minimum absolute atomic E-state index is 0.0837. The number of carbonyl (C=O) groups is 2. The van der Waals surface area contributed by atoms with Crippen molar-refractivity contribution < 1.29 is 18.0 Å². The zero-order chi connectivity index (χ0) is 24.7. The lowest BCUT2D eigenvalue weighted by atomic mass is 9.98. The molecule has 2 aromatic rings. The zero-order valence-corrected chi connectivity index (χ0v) is 21.3. The van der Waals surface area contributed by atoms with Crippen LogP contribution in [-0.4, -0.2) is 44.2 Å². The van der Waals surface area contributed by atoms with E-state index >= 15 is 0 Å². The molecule has 3 rings (SSSR count). The van der Waals surface area contributed by atoms with Crippen molar-refractivity contribution in [3.8, 4) is 0 Å². The van der Waals surface area contributed by atoms with Gasteiger partial charge in [0.15, 0.2) is 0 Å². The highest BCUT2D eigenvalue weighted by Gasteiger charge is 2.33. The number of amides is 2. The summed E-state index contributed by atoms with van der Waals surface area (Å²) < 4.78 is 27.4. The van der Waals surface area contributed by atoms with Crippen LogP contribution in [0.3, 0.4) is 0 Å². The molecule has 1 saturated heterocycles. The zero-order valence-electron chi connectivity index (χ0n) is 19.0. The first-order chi connectivity index (χ1) is 16.2. The standard InChI is InChI=1S/C24H29Cl2N3O4S/c1-2-3-12-27-24(31)19-8-4-5-9-22(19)28-23(30)18-7-6-13-29(15-18)34(32,33)16-17-10-11-20(25)21(26)14-17/h4-5,8-11,14,18H,2-3,6-7,12-13,15-16H2,1H3,(H,27,31)(H,28,30)/t18-/m1/s1. The molecular weight excluding hydrogens is 497 g/mol. The Morgan fingerprint density at radius 1 is 1.12 bits per heavy atom. The SMILES string of the molecule is CCCCNC(=O)c1ccccc1NC(=O)[C@@H]1CCCN(S(=O)(=O)Cc2ccc(Cl)c(Cl)c2)C1. The van der Waals surface area contributed by atoms with E-state index in [1.807, 2.05) is 6.92 Å². The van der Waals surface area contributed by atoms with Crippen LogP contribution in [0.2, 0.25) is 10.0 Å². The van der Waals surface area contributed by atoms with Crippen molar-refractivity contribution in [3.63, 3.8) is 0 Å². The second-order valence-corrected chi connectivity index (χ2v) is 11.1. The molecule has 2 N–H and O–H groups in total. The summed E-state index contributed by atoms with van der Waals surface area (Å²) in [5.74, 6) is -1.30. The Balaban J connectivity index is 1.67. The molecule has 0 aliphatic carbocycles. The Morgan fingerprint density at radius 3 is 2.62 bits per heavy atom. The number of nitrogens with zero attached hydrogens (tertiary/aromatic N) is 1. The third kappa shape index (κ3) is 6.95. The summed E-state index contributed by atoms with van der Waals surface area (Å²) in [4.78, 5) is 25.6. The molecule has 0 aromatic heterocycles. The molecule has 0 saturated carbocycles. The third-order valence-corrected chi connectivity index (χ3v) is 8.28. The van der Waals surface area contributed by atoms with E-state index < -0.39 is 15.9 Å². The molecule has 7 nitrogen and oxygen atoms in total. The molecule has 10 heteroatoms. The van der Waals surface area contributed by atoms with Crippen LogP contribution in [0.5, 0.6) is 0 Å². The number of hydrogen-bond acceptors (Lipinski definition) is 4. The molecule has 1 aliphatic heterocycles. The van der Waals surface area contributed by atoms with Gasteiger partial charge in [0, 0.05) is 19.6 Å². The fourth-order valence-corrected chi connectivity index (χ4v) is 5.76. The summed E-state index contributed by atoms with van der Waals surface area (Å²) in [7, 11) is -3.65. The number of piperidine rings is 1. The molecule has 184 valence electrons. The van der Waals surface area contributed by atoms with Gasteiger partial charge in [-0.15, -0.1) is 0 Å². The highest BCUT2D eigenvalue weighted by molar-refractivity contribution is 7.88. The predicted octanol–water partition coefficient (Wildman–Crippen LogP) is 4.70. The van der Waals surface area contributed by atoms with E-state index in [0.717, 1.165) is 12.8 Å². The molecule has 0 bridgehead atoms. The highest BCUT2D eigenvalue weighted by atomic mass is 35.5. The number of benzene rings is 2. The lowest BCUT2D eigenvalue weighted by molar-refractivity contribution is -0.120. The number of sulfonamides is 1. The maximum Gasteiger partial charge on any atom is 0.253 e. The normalized spacial score (nSPS) is 16.7. The summed E-state index contributed by atoms with van der Waals surface area (Å²) in [5, 5.41) is 6.34. The van der Waals surface area contributed by atoms with Crippen LogP contribution in [0.25, 0.3) is 0 Å². The monoisotopic (exact) mass is 525 g/mol. The molecule has 0 unspecified atom stereocenters. The Hall–Kier alpha value is -2.13. The molecule has 0 radical (unpaired) electrons. The van der Waals surface area contributed by atoms with E-state index in [9.17, 15) is 18.0 Å². The van der Waals surface area contributed by atoms with Crippen LogP contribution >= 0.6 is 23.2 Å². The molecule has 2 amide bonds. The first-order valence-corrected chi connectivity index (χ1v) is 13.7. The molecule has 2 aromatic carbocycles. The van der Waals surface area contributed by atoms with Crippen molar-refractivity contribution in [3.05, 3.63) is 63.6 Å². The number of para-hydroxylation sites is 1. The maximum atomic E-state index is 13.0. The number of nitrogens with one attached hydrogen (secondary N) is 2. The summed E-state index contributed by atoms with van der Waals surface area (Å²) in [6, 6.07) is 11.5. The summed E-state index contributed by atoms with van der Waals surface area (Å²) >= 11 is 11.9. The predicted molar refractivity (Wildman–Crippen MR) is 136 cm³/mol. The van der Waals surface area contributed by atoms with Crippen LogP contribution in [-0.2, 0) is 20.6 Å². The van der Waals surface area contributed by atoms with E-state index in [0.29, 0.717) is 52.8 Å². The van der Waals surface area contributed by atoms with Gasteiger partial charge in [-0.25, -0.2) is 12.7 Å². The van der Waals surface area contributed by atoms with Gasteiger partial charge >= 0.3 is 0 Å². The first-order valence-electron chi connectivity index (χ1n) is 11.3. The molecule has 1 atom stereocenters. The van der Waals surface area contributed by atoms with Crippen molar-refractivity contribution in [2.24, 2.45) is 5.92 Å². The van der Waals surface area contributed by atoms with Crippen molar-refractivity contribution in [1.29, 1.82) is 0 Å². The topological polar surface area (TPSA) is 95.6 Å². The summed E-state index contributed by atoms with van der Waals surface area (Å²) in [6.45, 7) is 3.04. The number of halogens is 2. The molecule has 1 aliphatic rings. The van der Waals surface area contributed by atoms with Crippen LogP contribution in [0.4, 0.5) is 5.69 Å². The van der Waals surface area contributed by atoms with Gasteiger partial charge in [-0.05, 0) is 49.1 Å². The van der Waals surface area contributed by atoms with Crippen LogP contribution < -0.4 is 10.6 Å². The Labute approximate surface area is 210 Å². The lowest BCUT2D eigenvalue weighted by Gasteiger charge is -2.31. The lowest BCUT2D eigenvalue weighted by Crippen LogP contribution is -2.44. The van der Waals surface area contributed by atoms with Crippen LogP contribution in [0.1, 0.15) is 48.5 Å². The molecule has 0 spiro atoms. The fraction of sp³-hybridized carbons (Fsp3) is 0.417. The molecule has 34 heavy (non-hydrogen) atoms. The Morgan fingerprint density at radius 2 is 1.88 bits per heavy atom. The van der Waals surface area contributed by atoms with Crippen molar-refractivity contribution in [2.45, 2.75) is 38.4 Å². The van der Waals surface area contributed by atoms with E-state index in [2.05, 4.69) is 10.6 Å². The Kier molecular flexibility index (Phi) is 9.36. The molecule has 1 fully saturated rings. The van der Waals surface area contributed by atoms with Crippen molar-refractivity contribution >= 4 is 50.7 Å². The number of carbonyl (C=O) groups excluding carboxylic acids is 2. The maximum absolute atomic E-state index is 13.0. The van der Waals surface area contributed by atoms with Crippen molar-refractivity contribution in [2.75, 3.05) is 25.0 Å². The largest absolute Gasteiger partial charge is 0.352 e. The summed E-state index contributed by atoms with van der Waals surface area (Å²) in [5.41, 5.74) is 1.33. The fourth-order valence-electron chi connectivity index (χ4n) is 3.84. The van der Waals surface area contributed by atoms with E-state index in [4.69, 9.17) is 23.2 Å². The van der Waals surface area contributed by atoms with Gasteiger partial charge in [0.1, 0.15) is 0 Å². The smallest absolute Gasteiger partial charge is 0.253 e. The van der Waals surface area contributed by atoms with E-state index in [-0.39, 0.29) is 24.1 Å². The van der Waals surface area contributed by atoms with Gasteiger partial charge in [-0.1, -0.05) is 54.7 Å². The number of anilines is 1. The van der Waals surface area contributed by atoms with E-state index in [1.54, 1.807) is 36.4 Å². The van der Waals surface area contributed by atoms with Gasteiger partial charge in [0.2, 0.25) is 15.9 Å². The van der Waals surface area contributed by atoms with Crippen LogP contribution in [0.15, 0.2) is 42.5 Å². The average molecular weight is 526 g/mol. The van der Waals surface area contributed by atoms with Gasteiger partial charge in [-0.2, -0.15) is 0 Å². The van der Waals surface area contributed by atoms with Crippen molar-refractivity contribution in [1.82, 2.24) is 9.62 Å². The molecule has 1 heterocycles. The minimum atomic E-state index is -3.65. The van der Waals surface area contributed by atoms with Gasteiger partial charge in [0.05, 0.1) is 33.0 Å². The highest BCUT2D eigenvalue weighted by Crippen LogP contribution is 2.27. The summed E-state index contributed by atoms with van der Waals surface area (Å²) in [6.07, 6.45) is 2.97. The Bertz CT molecular complexity index is 1140.